The summed E-state index contributed by atoms with van der Waals surface area (Å²) in [4.78, 5) is 4.39. The molecule has 1 fully saturated rings. The first kappa shape index (κ1) is 11.8. The lowest BCUT2D eigenvalue weighted by Crippen LogP contribution is -2.38. The molecule has 0 bridgehead atoms. The van der Waals surface area contributed by atoms with Crippen LogP contribution in [0.4, 0.5) is 0 Å². The fraction of sp³-hybridized carbons (Fsp3) is 0.545. The lowest BCUT2D eigenvalue weighted by molar-refractivity contribution is -0.165. The minimum atomic E-state index is -0.652. The Morgan fingerprint density at radius 1 is 1.39 bits per heavy atom. The van der Waals surface area contributed by atoms with E-state index in [-0.39, 0.29) is 0 Å². The summed E-state index contributed by atoms with van der Waals surface area (Å²) in [6, 6.07) is 0. The molecule has 7 heteroatoms. The Hall–Kier alpha value is -1.31. The number of nitrogens with zero attached hydrogens (tertiary/aromatic N) is 3. The van der Waals surface area contributed by atoms with E-state index < -0.39 is 5.60 Å². The molecule has 6 nitrogen and oxygen atoms in total. The van der Waals surface area contributed by atoms with Crippen LogP contribution in [0.1, 0.15) is 18.5 Å². The number of aromatic nitrogens is 3. The molecule has 1 unspecified atom stereocenters. The zero-order chi connectivity index (χ0) is 12.6. The van der Waals surface area contributed by atoms with Gasteiger partial charge in [0.05, 0.1) is 31.1 Å². The van der Waals surface area contributed by atoms with Gasteiger partial charge >= 0.3 is 0 Å². The van der Waals surface area contributed by atoms with Gasteiger partial charge in [0, 0.05) is 5.38 Å². The van der Waals surface area contributed by atoms with E-state index in [0.29, 0.717) is 31.5 Å². The summed E-state index contributed by atoms with van der Waals surface area (Å²) in [6.45, 7) is 5.37. The third kappa shape index (κ3) is 1.94. The molecule has 3 heterocycles. The van der Waals surface area contributed by atoms with Gasteiger partial charge in [-0.15, -0.1) is 0 Å². The van der Waals surface area contributed by atoms with Gasteiger partial charge in [0.1, 0.15) is 0 Å². The third-order valence-electron chi connectivity index (χ3n) is 2.90. The first-order chi connectivity index (χ1) is 8.69. The van der Waals surface area contributed by atoms with Crippen LogP contribution in [-0.2, 0) is 15.1 Å². The van der Waals surface area contributed by atoms with Gasteiger partial charge in [0.2, 0.25) is 5.82 Å². The highest BCUT2D eigenvalue weighted by molar-refractivity contribution is 7.04. The van der Waals surface area contributed by atoms with Crippen LogP contribution in [0.15, 0.2) is 9.90 Å². The van der Waals surface area contributed by atoms with Gasteiger partial charge in [-0.1, -0.05) is 5.16 Å². The van der Waals surface area contributed by atoms with Crippen molar-refractivity contribution >= 4 is 11.5 Å². The molecular weight excluding hydrogens is 254 g/mol. The molecule has 1 aliphatic rings. The van der Waals surface area contributed by atoms with Crippen molar-refractivity contribution in [2.75, 3.05) is 19.8 Å². The Labute approximate surface area is 108 Å². The second-order valence-corrected chi connectivity index (χ2v) is 5.00. The maximum Gasteiger partial charge on any atom is 0.261 e. The number of hydrogen-bond donors (Lipinski definition) is 0. The van der Waals surface area contributed by atoms with Crippen LogP contribution < -0.4 is 0 Å². The lowest BCUT2D eigenvalue weighted by Gasteiger charge is -2.29. The van der Waals surface area contributed by atoms with E-state index in [0.717, 1.165) is 11.3 Å². The zero-order valence-electron chi connectivity index (χ0n) is 10.2. The van der Waals surface area contributed by atoms with E-state index in [2.05, 4.69) is 14.5 Å². The Bertz CT molecular complexity index is 545. The van der Waals surface area contributed by atoms with Crippen LogP contribution in [0, 0.1) is 6.92 Å². The van der Waals surface area contributed by atoms with E-state index in [1.54, 1.807) is 0 Å². The minimum Gasteiger partial charge on any atom is -0.376 e. The smallest absolute Gasteiger partial charge is 0.261 e. The van der Waals surface area contributed by atoms with Gasteiger partial charge in [0.15, 0.2) is 5.60 Å². The summed E-state index contributed by atoms with van der Waals surface area (Å²) in [7, 11) is 0. The molecule has 96 valence electrons. The summed E-state index contributed by atoms with van der Waals surface area (Å²) >= 11 is 1.38. The molecule has 0 N–H and O–H groups in total. The molecule has 0 radical (unpaired) electrons. The van der Waals surface area contributed by atoms with Gasteiger partial charge < -0.3 is 14.0 Å². The van der Waals surface area contributed by atoms with Crippen LogP contribution in [0.5, 0.6) is 0 Å². The molecule has 1 aliphatic heterocycles. The Kier molecular flexibility index (Phi) is 2.89. The maximum atomic E-state index is 5.68. The standard InChI is InChI=1S/C11H13N3O3S/c1-7-8(5-18-14-7)9-12-10(17-13-9)11(2)6-15-3-4-16-11/h5H,3-4,6H2,1-2H3. The second kappa shape index (κ2) is 4.42. The number of ether oxygens (including phenoxy) is 2. The molecule has 1 saturated heterocycles. The highest BCUT2D eigenvalue weighted by Crippen LogP contribution is 2.29. The van der Waals surface area contributed by atoms with Crippen molar-refractivity contribution in [2.45, 2.75) is 19.4 Å². The van der Waals surface area contributed by atoms with Crippen molar-refractivity contribution in [1.29, 1.82) is 0 Å². The SMILES string of the molecule is Cc1nscc1-c1noc(C2(C)COCCO2)n1. The predicted octanol–water partition coefficient (Wildman–Crippen LogP) is 1.76. The summed E-state index contributed by atoms with van der Waals surface area (Å²) in [6.07, 6.45) is 0. The number of hydrogen-bond acceptors (Lipinski definition) is 7. The van der Waals surface area contributed by atoms with Crippen LogP contribution in [0.2, 0.25) is 0 Å². The normalized spacial score (nSPS) is 24.3. The predicted molar refractivity (Wildman–Crippen MR) is 64.3 cm³/mol. The highest BCUT2D eigenvalue weighted by atomic mass is 32.1. The molecule has 18 heavy (non-hydrogen) atoms. The Balaban J connectivity index is 1.92. The van der Waals surface area contributed by atoms with Crippen molar-refractivity contribution in [2.24, 2.45) is 0 Å². The quantitative estimate of drug-likeness (QED) is 0.825. The summed E-state index contributed by atoms with van der Waals surface area (Å²) < 4.78 is 20.6. The van der Waals surface area contributed by atoms with Crippen LogP contribution in [0.3, 0.4) is 0 Å². The Morgan fingerprint density at radius 2 is 2.28 bits per heavy atom. The summed E-state index contributed by atoms with van der Waals surface area (Å²) in [5.41, 5.74) is 1.15. The third-order valence-corrected chi connectivity index (χ3v) is 3.62. The number of rotatable bonds is 2. The molecule has 0 aliphatic carbocycles. The molecule has 0 aromatic carbocycles. The van der Waals surface area contributed by atoms with Gasteiger partial charge in [-0.3, -0.25) is 0 Å². The van der Waals surface area contributed by atoms with Crippen molar-refractivity contribution in [1.82, 2.24) is 14.5 Å². The van der Waals surface area contributed by atoms with Gasteiger partial charge in [-0.05, 0) is 25.4 Å². The minimum absolute atomic E-state index is 0.426. The monoisotopic (exact) mass is 267 g/mol. The largest absolute Gasteiger partial charge is 0.376 e. The van der Waals surface area contributed by atoms with Gasteiger partial charge in [-0.2, -0.15) is 9.36 Å². The first-order valence-corrected chi connectivity index (χ1v) is 6.50. The molecule has 2 aromatic heterocycles. The zero-order valence-corrected chi connectivity index (χ0v) is 11.0. The van der Waals surface area contributed by atoms with E-state index in [1.807, 2.05) is 19.2 Å². The molecule has 2 aromatic rings. The molecule has 3 rings (SSSR count). The van der Waals surface area contributed by atoms with Crippen molar-refractivity contribution in [3.8, 4) is 11.4 Å². The van der Waals surface area contributed by atoms with Gasteiger partial charge in [-0.25, -0.2) is 0 Å². The van der Waals surface area contributed by atoms with E-state index in [1.165, 1.54) is 11.5 Å². The number of aryl methyl sites for hydroxylation is 1. The second-order valence-electron chi connectivity index (χ2n) is 4.37. The average Bonchev–Trinajstić information content (AvgIpc) is 2.98. The maximum absolute atomic E-state index is 5.68. The van der Waals surface area contributed by atoms with E-state index in [4.69, 9.17) is 14.0 Å². The van der Waals surface area contributed by atoms with Crippen LogP contribution >= 0.6 is 11.5 Å². The topological polar surface area (TPSA) is 70.3 Å². The van der Waals surface area contributed by atoms with Crippen molar-refractivity contribution < 1.29 is 14.0 Å². The summed E-state index contributed by atoms with van der Waals surface area (Å²) in [5.74, 6) is 0.995. The summed E-state index contributed by atoms with van der Waals surface area (Å²) in [5, 5.41) is 5.89. The molecular formula is C11H13N3O3S. The molecule has 1 atom stereocenters. The van der Waals surface area contributed by atoms with Crippen molar-refractivity contribution in [3.63, 3.8) is 0 Å². The lowest BCUT2D eigenvalue weighted by atomic mass is 10.1. The average molecular weight is 267 g/mol. The van der Waals surface area contributed by atoms with E-state index in [9.17, 15) is 0 Å². The fourth-order valence-electron chi connectivity index (χ4n) is 1.81. The van der Waals surface area contributed by atoms with Gasteiger partial charge in [0.25, 0.3) is 5.89 Å². The van der Waals surface area contributed by atoms with Crippen molar-refractivity contribution in [3.05, 3.63) is 17.0 Å². The molecule has 0 amide bonds. The fourth-order valence-corrected chi connectivity index (χ4v) is 2.50. The first-order valence-electron chi connectivity index (χ1n) is 5.66. The molecule has 0 saturated carbocycles. The van der Waals surface area contributed by atoms with Crippen LogP contribution in [0.25, 0.3) is 11.4 Å². The van der Waals surface area contributed by atoms with Crippen LogP contribution in [-0.4, -0.2) is 34.3 Å². The highest BCUT2D eigenvalue weighted by Gasteiger charge is 2.37. The van der Waals surface area contributed by atoms with E-state index >= 15 is 0 Å². The molecule has 0 spiro atoms. The Morgan fingerprint density at radius 3 is 2.94 bits per heavy atom.